The Labute approximate surface area is 86.9 Å². The van der Waals surface area contributed by atoms with Crippen molar-refractivity contribution in [2.24, 2.45) is 4.99 Å². The Hall–Kier alpha value is 0.322. The zero-order valence-corrected chi connectivity index (χ0v) is 10.5. The van der Waals surface area contributed by atoms with Crippen molar-refractivity contribution in [1.82, 2.24) is 3.88 Å². The van der Waals surface area contributed by atoms with E-state index in [-0.39, 0.29) is 0 Å². The van der Waals surface area contributed by atoms with Gasteiger partial charge in [0.05, 0.1) is 0 Å². The second-order valence-electron chi connectivity index (χ2n) is 2.54. The fourth-order valence-corrected chi connectivity index (χ4v) is 1.93. The number of hydrogen-bond donors (Lipinski definition) is 0. The van der Waals surface area contributed by atoms with Gasteiger partial charge in [0.1, 0.15) is 0 Å². The predicted molar refractivity (Wildman–Crippen MR) is 58.0 cm³/mol. The largest absolute Gasteiger partial charge is 0.674 e. The van der Waals surface area contributed by atoms with Gasteiger partial charge in [0.25, 0.3) is 0 Å². The molecule has 0 aromatic heterocycles. The molecule has 0 aromatic rings. The standard InChI is InChI=1S/C7H13N2.Al.2ClH/c1-6(8-3)5-7(2)9-4;;;/h5H,1-4H3;;2*1H/q-1;+3;;/p-2/b6-5-,9-7?;;;. The monoisotopic (exact) mass is 222 g/mol. The lowest BCUT2D eigenvalue weighted by Gasteiger charge is -2.18. The van der Waals surface area contributed by atoms with Crippen LogP contribution in [0.5, 0.6) is 0 Å². The van der Waals surface area contributed by atoms with Crippen LogP contribution in [0.2, 0.25) is 0 Å². The molecule has 0 fully saturated rings. The van der Waals surface area contributed by atoms with Gasteiger partial charge in [-0.2, -0.15) is 0 Å². The normalized spacial score (nSPS) is 13.2. The Kier molecular flexibility index (Phi) is 6.04. The van der Waals surface area contributed by atoms with Crippen molar-refractivity contribution in [3.05, 3.63) is 11.8 Å². The molecular weight excluding hydrogens is 210 g/mol. The van der Waals surface area contributed by atoms with E-state index in [9.17, 15) is 0 Å². The smallest absolute Gasteiger partial charge is 0.444 e. The first-order valence-electron chi connectivity index (χ1n) is 3.61. The molecule has 0 unspecified atom stereocenters. The summed E-state index contributed by atoms with van der Waals surface area (Å²) in [6, 6.07) is 0. The van der Waals surface area contributed by atoms with Crippen LogP contribution in [0.4, 0.5) is 0 Å². The summed E-state index contributed by atoms with van der Waals surface area (Å²) in [7, 11) is 15.3. The Balaban J connectivity index is 4.37. The topological polar surface area (TPSA) is 15.6 Å². The molecule has 0 aliphatic carbocycles. The molecule has 0 amide bonds. The Morgan fingerprint density at radius 3 is 2.25 bits per heavy atom. The molecule has 0 bridgehead atoms. The molecule has 0 saturated heterocycles. The second-order valence-corrected chi connectivity index (χ2v) is 7.02. The van der Waals surface area contributed by atoms with Crippen LogP contribution in [-0.2, 0) is 0 Å². The van der Waals surface area contributed by atoms with Gasteiger partial charge in [-0.25, -0.2) is 20.1 Å². The average molecular weight is 223 g/mol. The molecular formula is C7H13AlCl2N2. The van der Waals surface area contributed by atoms with Gasteiger partial charge in [-0.05, 0) is 32.7 Å². The van der Waals surface area contributed by atoms with Gasteiger partial charge in [0.2, 0.25) is 0 Å². The van der Waals surface area contributed by atoms with E-state index in [1.807, 2.05) is 30.9 Å². The molecule has 5 heteroatoms. The van der Waals surface area contributed by atoms with E-state index in [2.05, 4.69) is 4.99 Å². The zero-order valence-electron chi connectivity index (χ0n) is 7.81. The third-order valence-electron chi connectivity index (χ3n) is 1.62. The third-order valence-corrected chi connectivity index (χ3v) is 4.37. The third kappa shape index (κ3) is 4.37. The van der Waals surface area contributed by atoms with Gasteiger partial charge in [0.15, 0.2) is 0 Å². The maximum atomic E-state index is 5.80. The lowest BCUT2D eigenvalue weighted by molar-refractivity contribution is 0.671. The number of allylic oxidation sites excluding steroid dienone is 2. The number of rotatable bonds is 3. The molecule has 0 atom stereocenters. The van der Waals surface area contributed by atoms with Crippen molar-refractivity contribution >= 4 is 38.3 Å². The minimum absolute atomic E-state index is 0.974. The first-order chi connectivity index (χ1) is 5.49. The number of halogens is 2. The molecule has 2 nitrogen and oxygen atoms in total. The highest BCUT2D eigenvalue weighted by Crippen LogP contribution is 2.09. The molecule has 0 aromatic carbocycles. The van der Waals surface area contributed by atoms with Gasteiger partial charge in [-0.15, -0.1) is 0 Å². The zero-order chi connectivity index (χ0) is 9.72. The van der Waals surface area contributed by atoms with Crippen LogP contribution in [-0.4, -0.2) is 36.2 Å². The number of nitrogens with zero attached hydrogens (tertiary/aromatic N) is 2. The van der Waals surface area contributed by atoms with Crippen LogP contribution < -0.4 is 0 Å². The van der Waals surface area contributed by atoms with Crippen molar-refractivity contribution in [3.8, 4) is 0 Å². The van der Waals surface area contributed by atoms with Crippen molar-refractivity contribution < 1.29 is 0 Å². The van der Waals surface area contributed by atoms with Gasteiger partial charge >= 0.3 is 12.5 Å². The van der Waals surface area contributed by atoms with Gasteiger partial charge < -0.3 is 3.88 Å². The maximum Gasteiger partial charge on any atom is 0.674 e. The van der Waals surface area contributed by atoms with E-state index in [1.165, 1.54) is 0 Å². The summed E-state index contributed by atoms with van der Waals surface area (Å²) in [6.45, 7) is 3.91. The van der Waals surface area contributed by atoms with E-state index in [0.29, 0.717) is 0 Å². The Morgan fingerprint density at radius 1 is 1.42 bits per heavy atom. The molecule has 0 radical (unpaired) electrons. The van der Waals surface area contributed by atoms with E-state index >= 15 is 0 Å². The molecule has 0 saturated carbocycles. The summed E-state index contributed by atoms with van der Waals surface area (Å²) in [6.07, 6.45) is 1.96. The molecule has 0 aliphatic heterocycles. The summed E-state index contributed by atoms with van der Waals surface area (Å²) in [5, 5.41) is 0. The summed E-state index contributed by atoms with van der Waals surface area (Å²) < 4.78 is 1.90. The highest BCUT2D eigenvalue weighted by atomic mass is 35.7. The van der Waals surface area contributed by atoms with E-state index in [4.69, 9.17) is 20.1 Å². The lowest BCUT2D eigenvalue weighted by atomic mass is 10.3. The summed E-state index contributed by atoms with van der Waals surface area (Å²) >= 11 is -1.74. The average Bonchev–Trinajstić information content (AvgIpc) is 2.02. The van der Waals surface area contributed by atoms with Crippen LogP contribution >= 0.6 is 20.1 Å². The molecule has 0 heterocycles. The van der Waals surface area contributed by atoms with Crippen LogP contribution in [0.25, 0.3) is 0 Å². The molecule has 0 aliphatic rings. The molecule has 0 rings (SSSR count). The SMILES string of the molecule is CN=C(C)/C=C(/C)[N](C)[Al]([Cl])[Cl]. The van der Waals surface area contributed by atoms with Crippen molar-refractivity contribution in [1.29, 1.82) is 0 Å². The highest BCUT2D eigenvalue weighted by Gasteiger charge is 2.19. The molecule has 68 valence electrons. The van der Waals surface area contributed by atoms with Gasteiger partial charge in [-0.3, -0.25) is 4.99 Å². The maximum absolute atomic E-state index is 5.80. The fraction of sp³-hybridized carbons (Fsp3) is 0.571. The summed E-state index contributed by atoms with van der Waals surface area (Å²) in [5.74, 6) is 0. The second kappa shape index (κ2) is 5.88. The van der Waals surface area contributed by atoms with Crippen LogP contribution in [0.15, 0.2) is 16.8 Å². The number of hydrogen-bond acceptors (Lipinski definition) is 2. The first kappa shape index (κ1) is 12.3. The fourth-order valence-electron chi connectivity index (χ4n) is 0.623. The summed E-state index contributed by atoms with van der Waals surface area (Å²) in [5.41, 5.74) is 2.03. The molecule has 0 spiro atoms. The Morgan fingerprint density at radius 2 is 1.92 bits per heavy atom. The first-order valence-corrected chi connectivity index (χ1v) is 7.62. The van der Waals surface area contributed by atoms with Crippen LogP contribution in [0.1, 0.15) is 13.8 Å². The summed E-state index contributed by atoms with van der Waals surface area (Å²) in [4.78, 5) is 4.01. The van der Waals surface area contributed by atoms with Gasteiger partial charge in [0, 0.05) is 12.8 Å². The lowest BCUT2D eigenvalue weighted by Crippen LogP contribution is -2.25. The molecule has 12 heavy (non-hydrogen) atoms. The van der Waals surface area contributed by atoms with Crippen molar-refractivity contribution in [2.75, 3.05) is 14.1 Å². The minimum atomic E-state index is -1.74. The predicted octanol–water partition coefficient (Wildman–Crippen LogP) is 2.38. The minimum Gasteiger partial charge on any atom is -0.444 e. The van der Waals surface area contributed by atoms with E-state index < -0.39 is 12.5 Å². The highest BCUT2D eigenvalue weighted by molar-refractivity contribution is 7.32. The van der Waals surface area contributed by atoms with Crippen LogP contribution in [0, 0.1) is 0 Å². The molecule has 0 N–H and O–H groups in total. The Bertz CT molecular complexity index is 202. The quantitative estimate of drug-likeness (QED) is 0.529. The van der Waals surface area contributed by atoms with E-state index in [0.717, 1.165) is 11.4 Å². The number of aliphatic imine (C=N–C) groups is 1. The van der Waals surface area contributed by atoms with Crippen LogP contribution in [0.3, 0.4) is 0 Å². The van der Waals surface area contributed by atoms with E-state index in [1.54, 1.807) is 7.05 Å². The van der Waals surface area contributed by atoms with Crippen molar-refractivity contribution in [2.45, 2.75) is 13.8 Å². The van der Waals surface area contributed by atoms with Gasteiger partial charge in [-0.1, -0.05) is 0 Å². The van der Waals surface area contributed by atoms with Crippen molar-refractivity contribution in [3.63, 3.8) is 0 Å².